The zero-order valence-electron chi connectivity index (χ0n) is 4.46. The van der Waals surface area contributed by atoms with E-state index in [0.29, 0.717) is 11.3 Å². The van der Waals surface area contributed by atoms with E-state index in [-0.39, 0.29) is 0 Å². The van der Waals surface area contributed by atoms with Gasteiger partial charge in [0.05, 0.1) is 11.3 Å². The van der Waals surface area contributed by atoms with Gasteiger partial charge in [0, 0.05) is 11.8 Å². The fraction of sp³-hybridized carbons (Fsp3) is 0. The summed E-state index contributed by atoms with van der Waals surface area (Å²) in [6.07, 6.45) is 1.65. The Labute approximate surface area is 51.0 Å². The molecule has 0 spiro atoms. The standard InChI is InChI=1S/C6H3NO2/c8-6(9)4-1-3-2-7-5(3)4/h1-2H,(H,8,9). The topological polar surface area (TPSA) is 50.2 Å². The molecule has 0 saturated heterocycles. The fourth-order valence-corrected chi connectivity index (χ4v) is 0.843. The first-order valence-corrected chi connectivity index (χ1v) is 2.53. The Hall–Kier alpha value is -1.38. The van der Waals surface area contributed by atoms with Crippen molar-refractivity contribution >= 4 is 5.97 Å². The van der Waals surface area contributed by atoms with E-state index < -0.39 is 5.97 Å². The smallest absolute Gasteiger partial charge is 0.337 e. The van der Waals surface area contributed by atoms with E-state index >= 15 is 0 Å². The van der Waals surface area contributed by atoms with E-state index in [0.717, 1.165) is 5.56 Å². The van der Waals surface area contributed by atoms with E-state index in [9.17, 15) is 4.79 Å². The molecule has 3 nitrogen and oxygen atoms in total. The second kappa shape index (κ2) is 1.13. The lowest BCUT2D eigenvalue weighted by atomic mass is 9.96. The van der Waals surface area contributed by atoms with Crippen molar-refractivity contribution in [1.29, 1.82) is 0 Å². The molecule has 0 unspecified atom stereocenters. The molecule has 2 rings (SSSR count). The van der Waals surface area contributed by atoms with Gasteiger partial charge in [-0.25, -0.2) is 4.79 Å². The van der Waals surface area contributed by atoms with Crippen LogP contribution in [-0.2, 0) is 0 Å². The zero-order valence-corrected chi connectivity index (χ0v) is 4.46. The number of hydrogen-bond donors (Lipinski definition) is 1. The highest BCUT2D eigenvalue weighted by molar-refractivity contribution is 6.01. The van der Waals surface area contributed by atoms with E-state index in [4.69, 9.17) is 5.11 Å². The van der Waals surface area contributed by atoms with Crippen molar-refractivity contribution in [1.82, 2.24) is 4.98 Å². The highest BCUT2D eigenvalue weighted by atomic mass is 16.4. The lowest BCUT2D eigenvalue weighted by molar-refractivity contribution is 0.0696. The van der Waals surface area contributed by atoms with Gasteiger partial charge in [-0.05, 0) is 6.07 Å². The highest BCUT2D eigenvalue weighted by Crippen LogP contribution is 2.32. The third-order valence-electron chi connectivity index (χ3n) is 1.39. The Morgan fingerprint density at radius 2 is 2.44 bits per heavy atom. The van der Waals surface area contributed by atoms with Gasteiger partial charge in [-0.3, -0.25) is 4.98 Å². The normalized spacial score (nSPS) is 11.1. The average Bonchev–Trinajstić information content (AvgIpc) is 1.76. The molecule has 44 valence electrons. The van der Waals surface area contributed by atoms with Gasteiger partial charge in [0.25, 0.3) is 0 Å². The quantitative estimate of drug-likeness (QED) is 0.605. The molecule has 0 saturated carbocycles. The summed E-state index contributed by atoms with van der Waals surface area (Å²) in [7, 11) is 0. The van der Waals surface area contributed by atoms with Crippen LogP contribution in [0.5, 0.6) is 0 Å². The van der Waals surface area contributed by atoms with Crippen molar-refractivity contribution in [2.45, 2.75) is 0 Å². The van der Waals surface area contributed by atoms with Gasteiger partial charge >= 0.3 is 5.97 Å². The molecule has 0 amide bonds. The molecule has 9 heavy (non-hydrogen) atoms. The van der Waals surface area contributed by atoms with Gasteiger partial charge in [0.15, 0.2) is 0 Å². The average molecular weight is 121 g/mol. The van der Waals surface area contributed by atoms with Gasteiger partial charge in [0.2, 0.25) is 0 Å². The van der Waals surface area contributed by atoms with Gasteiger partial charge in [-0.2, -0.15) is 0 Å². The monoisotopic (exact) mass is 121 g/mol. The molecule has 0 aromatic carbocycles. The van der Waals surface area contributed by atoms with Crippen molar-refractivity contribution in [3.63, 3.8) is 0 Å². The van der Waals surface area contributed by atoms with E-state index in [1.165, 1.54) is 0 Å². The number of carboxylic acids is 1. The van der Waals surface area contributed by atoms with Crippen LogP contribution in [0.2, 0.25) is 0 Å². The van der Waals surface area contributed by atoms with E-state index in [1.807, 2.05) is 0 Å². The van der Waals surface area contributed by atoms with Crippen LogP contribution in [-0.4, -0.2) is 16.1 Å². The molecule has 0 aromatic heterocycles. The number of carboxylic acid groups (broad SMARTS) is 1. The maximum atomic E-state index is 10.2. The Balaban J connectivity index is 2.52. The molecule has 0 atom stereocenters. The molecule has 0 bridgehead atoms. The maximum Gasteiger partial charge on any atom is 0.337 e. The summed E-state index contributed by atoms with van der Waals surface area (Å²) >= 11 is 0. The summed E-state index contributed by atoms with van der Waals surface area (Å²) < 4.78 is 0. The fourth-order valence-electron chi connectivity index (χ4n) is 0.843. The van der Waals surface area contributed by atoms with Gasteiger partial charge in [0.1, 0.15) is 0 Å². The van der Waals surface area contributed by atoms with Gasteiger partial charge in [-0.1, -0.05) is 0 Å². The number of carbonyl (C=O) groups is 1. The van der Waals surface area contributed by atoms with Crippen molar-refractivity contribution in [2.75, 3.05) is 0 Å². The van der Waals surface area contributed by atoms with Crippen molar-refractivity contribution in [3.8, 4) is 11.3 Å². The second-order valence-corrected chi connectivity index (χ2v) is 1.93. The molecule has 2 aliphatic rings. The Morgan fingerprint density at radius 1 is 1.67 bits per heavy atom. The molecular weight excluding hydrogens is 118 g/mol. The van der Waals surface area contributed by atoms with Crippen molar-refractivity contribution < 1.29 is 9.90 Å². The van der Waals surface area contributed by atoms with Crippen LogP contribution in [0, 0.1) is 0 Å². The van der Waals surface area contributed by atoms with Crippen LogP contribution in [0.4, 0.5) is 0 Å². The minimum absolute atomic E-state index is 0.340. The summed E-state index contributed by atoms with van der Waals surface area (Å²) in [4.78, 5) is 13.9. The summed E-state index contributed by atoms with van der Waals surface area (Å²) in [5, 5.41) is 8.38. The van der Waals surface area contributed by atoms with Crippen LogP contribution < -0.4 is 0 Å². The molecule has 0 radical (unpaired) electrons. The van der Waals surface area contributed by atoms with E-state index in [2.05, 4.69) is 4.98 Å². The number of aromatic nitrogens is 1. The zero-order chi connectivity index (χ0) is 6.43. The molecule has 0 aromatic rings. The van der Waals surface area contributed by atoms with Crippen LogP contribution in [0.1, 0.15) is 10.4 Å². The predicted molar refractivity (Wildman–Crippen MR) is 30.2 cm³/mol. The minimum atomic E-state index is -0.884. The van der Waals surface area contributed by atoms with Gasteiger partial charge < -0.3 is 5.11 Å². The predicted octanol–water partition coefficient (Wildman–Crippen LogP) is 0.760. The minimum Gasteiger partial charge on any atom is -0.478 e. The van der Waals surface area contributed by atoms with Crippen LogP contribution in [0.3, 0.4) is 0 Å². The van der Waals surface area contributed by atoms with Crippen LogP contribution >= 0.6 is 0 Å². The third kappa shape index (κ3) is 0.367. The largest absolute Gasteiger partial charge is 0.478 e. The van der Waals surface area contributed by atoms with E-state index in [1.54, 1.807) is 12.3 Å². The van der Waals surface area contributed by atoms with Gasteiger partial charge in [-0.15, -0.1) is 0 Å². The number of pyridine rings is 1. The molecule has 1 aliphatic carbocycles. The summed E-state index contributed by atoms with van der Waals surface area (Å²) in [6, 6.07) is 1.62. The number of aromatic carboxylic acids is 1. The Kier molecular flexibility index (Phi) is 0.563. The lowest BCUT2D eigenvalue weighted by Crippen LogP contribution is -2.09. The summed E-state index contributed by atoms with van der Waals surface area (Å²) in [5.74, 6) is -0.884. The third-order valence-corrected chi connectivity index (χ3v) is 1.39. The first kappa shape index (κ1) is 4.49. The molecule has 0 fully saturated rings. The highest BCUT2D eigenvalue weighted by Gasteiger charge is 2.23. The maximum absolute atomic E-state index is 10.2. The number of fused-ring (bicyclic) bond motifs is 1. The molecule has 1 N–H and O–H groups in total. The number of nitrogens with zero attached hydrogens (tertiary/aromatic N) is 1. The molecular formula is C6H3NO2. The summed E-state index contributed by atoms with van der Waals surface area (Å²) in [6.45, 7) is 0. The lowest BCUT2D eigenvalue weighted by Gasteiger charge is -2.15. The molecule has 1 aliphatic heterocycles. The second-order valence-electron chi connectivity index (χ2n) is 1.93. The summed E-state index contributed by atoms with van der Waals surface area (Å²) in [5.41, 5.74) is 1.96. The van der Waals surface area contributed by atoms with Crippen LogP contribution in [0.25, 0.3) is 11.3 Å². The Bertz CT molecular complexity index is 293. The number of rotatable bonds is 1. The van der Waals surface area contributed by atoms with Crippen LogP contribution in [0.15, 0.2) is 12.3 Å². The SMILES string of the molecule is O=C(O)c1cc2cnc1-2. The molecule has 1 heterocycles. The first-order valence-electron chi connectivity index (χ1n) is 2.53. The number of hydrogen-bond acceptors (Lipinski definition) is 2. The van der Waals surface area contributed by atoms with Crippen molar-refractivity contribution in [2.24, 2.45) is 0 Å². The Morgan fingerprint density at radius 3 is 2.56 bits per heavy atom. The first-order chi connectivity index (χ1) is 4.29. The van der Waals surface area contributed by atoms with Crippen molar-refractivity contribution in [3.05, 3.63) is 17.8 Å². The molecule has 3 heteroatoms.